The van der Waals surface area contributed by atoms with Gasteiger partial charge < -0.3 is 4.90 Å². The fraction of sp³-hybridized carbons (Fsp3) is 0.611. The molecular weight excluding hydrogens is 260 g/mol. The van der Waals surface area contributed by atoms with E-state index >= 15 is 0 Å². The lowest BCUT2D eigenvalue weighted by Gasteiger charge is -2.42. The smallest absolute Gasteiger partial charge is 0.238 e. The van der Waals surface area contributed by atoms with Crippen LogP contribution in [0.3, 0.4) is 0 Å². The normalized spacial score (nSPS) is 28.9. The molecule has 1 heterocycles. The molecule has 0 radical (unpaired) electrons. The van der Waals surface area contributed by atoms with Crippen molar-refractivity contribution in [3.8, 4) is 0 Å². The highest BCUT2D eigenvalue weighted by Gasteiger charge is 2.40. The van der Waals surface area contributed by atoms with Gasteiger partial charge in [-0.2, -0.15) is 0 Å². The molecule has 0 bridgehead atoms. The second-order valence-electron chi connectivity index (χ2n) is 7.36. The first kappa shape index (κ1) is 14.6. The van der Waals surface area contributed by atoms with E-state index < -0.39 is 0 Å². The summed E-state index contributed by atoms with van der Waals surface area (Å²) in [6.07, 6.45) is 4.80. The molecule has 1 aliphatic carbocycles. The molecule has 2 aliphatic rings. The predicted octanol–water partition coefficient (Wildman–Crippen LogP) is 3.39. The Kier molecular flexibility index (Phi) is 3.78. The lowest BCUT2D eigenvalue weighted by molar-refractivity contribution is -0.131. The van der Waals surface area contributed by atoms with Gasteiger partial charge in [0.05, 0.1) is 6.54 Å². The Balaban J connectivity index is 1.88. The Bertz CT molecular complexity index is 538. The number of amides is 1. The number of carbonyl (C=O) groups is 1. The van der Waals surface area contributed by atoms with E-state index in [0.717, 1.165) is 12.8 Å². The Hall–Kier alpha value is -1.35. The molecule has 3 rings (SSSR count). The molecule has 114 valence electrons. The first-order chi connectivity index (χ1) is 9.98. The minimum atomic E-state index is 0.0533. The zero-order valence-corrected chi connectivity index (χ0v) is 13.4. The lowest BCUT2D eigenvalue weighted by atomic mass is 9.74. The third-order valence-electron chi connectivity index (χ3n) is 5.07. The number of hydrogen-bond donors (Lipinski definition) is 1. The fourth-order valence-corrected chi connectivity index (χ4v) is 3.98. The molecular formula is C18H26N2O. The Morgan fingerprint density at radius 1 is 1.29 bits per heavy atom. The zero-order chi connectivity index (χ0) is 15.0. The van der Waals surface area contributed by atoms with Crippen LogP contribution >= 0.6 is 0 Å². The molecule has 0 spiro atoms. The van der Waals surface area contributed by atoms with Crippen LogP contribution in [0, 0.1) is 12.3 Å². The monoisotopic (exact) mass is 286 g/mol. The summed E-state index contributed by atoms with van der Waals surface area (Å²) in [6, 6.07) is 8.77. The van der Waals surface area contributed by atoms with Gasteiger partial charge in [-0.25, -0.2) is 0 Å². The summed E-state index contributed by atoms with van der Waals surface area (Å²) in [7, 11) is 0. The van der Waals surface area contributed by atoms with E-state index in [0.29, 0.717) is 18.0 Å². The van der Waals surface area contributed by atoms with Gasteiger partial charge in [0.15, 0.2) is 0 Å². The molecule has 1 N–H and O–H groups in total. The van der Waals surface area contributed by atoms with Crippen molar-refractivity contribution >= 4 is 5.91 Å². The van der Waals surface area contributed by atoms with Crippen LogP contribution in [0.4, 0.5) is 0 Å². The van der Waals surface area contributed by atoms with Crippen LogP contribution in [0.5, 0.6) is 0 Å². The van der Waals surface area contributed by atoms with Crippen LogP contribution in [-0.4, -0.2) is 23.4 Å². The third kappa shape index (κ3) is 2.84. The summed E-state index contributed by atoms with van der Waals surface area (Å²) in [5.74, 6) is 0.256. The van der Waals surface area contributed by atoms with Crippen molar-refractivity contribution in [2.75, 3.05) is 6.54 Å². The van der Waals surface area contributed by atoms with Crippen LogP contribution in [-0.2, 0) is 4.79 Å². The molecule has 3 heteroatoms. The summed E-state index contributed by atoms with van der Waals surface area (Å²) in [5.41, 5.74) is 2.85. The maximum atomic E-state index is 12.4. The number of benzene rings is 1. The molecule has 1 aromatic rings. The molecule has 0 aromatic heterocycles. The van der Waals surface area contributed by atoms with Crippen molar-refractivity contribution in [1.82, 2.24) is 10.2 Å². The summed E-state index contributed by atoms with van der Waals surface area (Å²) in [5, 5.41) is 3.41. The summed E-state index contributed by atoms with van der Waals surface area (Å²) >= 11 is 0. The Morgan fingerprint density at radius 2 is 2.05 bits per heavy atom. The van der Waals surface area contributed by atoms with Gasteiger partial charge in [0, 0.05) is 6.04 Å². The molecule has 1 saturated heterocycles. The van der Waals surface area contributed by atoms with Gasteiger partial charge in [-0.15, -0.1) is 0 Å². The van der Waals surface area contributed by atoms with Gasteiger partial charge in [-0.05, 0) is 42.7 Å². The van der Waals surface area contributed by atoms with E-state index in [1.54, 1.807) is 0 Å². The van der Waals surface area contributed by atoms with Gasteiger partial charge >= 0.3 is 0 Å². The van der Waals surface area contributed by atoms with E-state index in [4.69, 9.17) is 0 Å². The molecule has 21 heavy (non-hydrogen) atoms. The second-order valence-corrected chi connectivity index (χ2v) is 7.36. The molecule has 1 saturated carbocycles. The summed E-state index contributed by atoms with van der Waals surface area (Å²) in [4.78, 5) is 14.6. The first-order valence-electron chi connectivity index (χ1n) is 8.08. The average Bonchev–Trinajstić information content (AvgIpc) is 2.80. The average molecular weight is 286 g/mol. The van der Waals surface area contributed by atoms with Crippen molar-refractivity contribution in [1.29, 1.82) is 0 Å². The lowest BCUT2D eigenvalue weighted by Crippen LogP contribution is -2.44. The topological polar surface area (TPSA) is 32.3 Å². The number of rotatable bonds is 2. The van der Waals surface area contributed by atoms with E-state index in [9.17, 15) is 4.79 Å². The first-order valence-corrected chi connectivity index (χ1v) is 8.08. The van der Waals surface area contributed by atoms with E-state index in [-0.39, 0.29) is 12.1 Å². The number of hydrogen-bond acceptors (Lipinski definition) is 2. The zero-order valence-electron chi connectivity index (χ0n) is 13.4. The number of carbonyl (C=O) groups excluding carboxylic acids is 1. The van der Waals surface area contributed by atoms with E-state index in [1.165, 1.54) is 24.0 Å². The van der Waals surface area contributed by atoms with E-state index in [2.05, 4.69) is 55.3 Å². The van der Waals surface area contributed by atoms with Gasteiger partial charge in [0.25, 0.3) is 0 Å². The minimum absolute atomic E-state index is 0.0533. The fourth-order valence-electron chi connectivity index (χ4n) is 3.98. The Morgan fingerprint density at radius 3 is 2.76 bits per heavy atom. The van der Waals surface area contributed by atoms with Crippen molar-refractivity contribution < 1.29 is 4.79 Å². The predicted molar refractivity (Wildman–Crippen MR) is 84.8 cm³/mol. The van der Waals surface area contributed by atoms with Gasteiger partial charge in [-0.1, -0.05) is 44.5 Å². The molecule has 1 amide bonds. The number of aryl methyl sites for hydroxylation is 1. The van der Waals surface area contributed by atoms with Gasteiger partial charge in [0.1, 0.15) is 6.17 Å². The van der Waals surface area contributed by atoms with Crippen LogP contribution in [0.15, 0.2) is 24.3 Å². The highest BCUT2D eigenvalue weighted by atomic mass is 16.2. The van der Waals surface area contributed by atoms with Crippen LogP contribution < -0.4 is 5.32 Å². The molecule has 3 nitrogen and oxygen atoms in total. The molecule has 2 fully saturated rings. The maximum absolute atomic E-state index is 12.4. The standard InChI is InChI=1S/C18H26N2O/c1-13-7-4-5-9-15(13)17-19-12-16(21)20(17)14-8-6-10-18(2,3)11-14/h4-5,7,9,14,17,19H,6,8,10-12H2,1-3H3. The van der Waals surface area contributed by atoms with Gasteiger partial charge in [-0.3, -0.25) is 10.1 Å². The van der Waals surface area contributed by atoms with Crippen LogP contribution in [0.25, 0.3) is 0 Å². The van der Waals surface area contributed by atoms with Crippen LogP contribution in [0.1, 0.15) is 56.8 Å². The largest absolute Gasteiger partial charge is 0.319 e. The van der Waals surface area contributed by atoms with Gasteiger partial charge in [0.2, 0.25) is 5.91 Å². The quantitative estimate of drug-likeness (QED) is 0.904. The summed E-state index contributed by atoms with van der Waals surface area (Å²) < 4.78 is 0. The third-order valence-corrected chi connectivity index (χ3v) is 5.07. The van der Waals surface area contributed by atoms with Crippen molar-refractivity contribution in [3.05, 3.63) is 35.4 Å². The number of nitrogens with one attached hydrogen (secondary N) is 1. The molecule has 2 atom stereocenters. The second kappa shape index (κ2) is 5.45. The van der Waals surface area contributed by atoms with Crippen molar-refractivity contribution in [2.45, 2.75) is 58.7 Å². The highest BCUT2D eigenvalue weighted by Crippen LogP contribution is 2.40. The molecule has 1 aromatic carbocycles. The SMILES string of the molecule is Cc1ccccc1C1NCC(=O)N1C1CCCC(C)(C)C1. The minimum Gasteiger partial charge on any atom is -0.319 e. The van der Waals surface area contributed by atoms with Crippen molar-refractivity contribution in [2.24, 2.45) is 5.41 Å². The Labute approximate surface area is 127 Å². The van der Waals surface area contributed by atoms with Crippen LogP contribution in [0.2, 0.25) is 0 Å². The summed E-state index contributed by atoms with van der Waals surface area (Å²) in [6.45, 7) is 7.25. The van der Waals surface area contributed by atoms with Crippen molar-refractivity contribution in [3.63, 3.8) is 0 Å². The molecule has 2 unspecified atom stereocenters. The maximum Gasteiger partial charge on any atom is 0.238 e. The number of nitrogens with zero attached hydrogens (tertiary/aromatic N) is 1. The highest BCUT2D eigenvalue weighted by molar-refractivity contribution is 5.81. The molecule has 1 aliphatic heterocycles. The van der Waals surface area contributed by atoms with E-state index in [1.807, 2.05) is 0 Å².